The summed E-state index contributed by atoms with van der Waals surface area (Å²) in [7, 11) is -2.22. The Labute approximate surface area is 124 Å². The van der Waals surface area contributed by atoms with Crippen LogP contribution in [0.4, 0.5) is 0 Å². The van der Waals surface area contributed by atoms with Crippen LogP contribution in [0.1, 0.15) is 19.4 Å². The standard InChI is InChI=1S/C14H19NO5S/c1-14(2,10-20-3)15-21(18,19)12-6-4-5-11(9-12)7-8-13(16)17/h4-9,15H,10H2,1-3H3,(H,16,17)/b8-7+. The highest BCUT2D eigenvalue weighted by Crippen LogP contribution is 2.16. The molecule has 1 aromatic carbocycles. The summed E-state index contributed by atoms with van der Waals surface area (Å²) >= 11 is 0. The molecule has 0 heterocycles. The van der Waals surface area contributed by atoms with Gasteiger partial charge in [-0.15, -0.1) is 0 Å². The fraction of sp³-hybridized carbons (Fsp3) is 0.357. The van der Waals surface area contributed by atoms with Crippen molar-refractivity contribution < 1.29 is 23.1 Å². The number of rotatable bonds is 7. The maximum absolute atomic E-state index is 12.3. The van der Waals surface area contributed by atoms with Crippen LogP contribution < -0.4 is 4.72 Å². The van der Waals surface area contributed by atoms with Gasteiger partial charge in [0.2, 0.25) is 10.0 Å². The van der Waals surface area contributed by atoms with Crippen LogP contribution in [0.15, 0.2) is 35.2 Å². The van der Waals surface area contributed by atoms with Gasteiger partial charge in [-0.25, -0.2) is 17.9 Å². The van der Waals surface area contributed by atoms with Crippen molar-refractivity contribution in [3.05, 3.63) is 35.9 Å². The van der Waals surface area contributed by atoms with Gasteiger partial charge in [0.15, 0.2) is 0 Å². The molecule has 1 aromatic rings. The van der Waals surface area contributed by atoms with Gasteiger partial charge < -0.3 is 9.84 Å². The molecule has 116 valence electrons. The minimum absolute atomic E-state index is 0.0687. The van der Waals surface area contributed by atoms with Crippen LogP contribution in [0.25, 0.3) is 6.08 Å². The first kappa shape index (κ1) is 17.4. The van der Waals surface area contributed by atoms with Crippen LogP contribution in [-0.2, 0) is 19.6 Å². The molecule has 0 radical (unpaired) electrons. The molecule has 0 aliphatic heterocycles. The summed E-state index contributed by atoms with van der Waals surface area (Å²) in [4.78, 5) is 10.6. The van der Waals surface area contributed by atoms with E-state index in [1.807, 2.05) is 0 Å². The van der Waals surface area contributed by atoms with Crippen molar-refractivity contribution in [3.8, 4) is 0 Å². The van der Waals surface area contributed by atoms with Gasteiger partial charge in [-0.1, -0.05) is 12.1 Å². The predicted octanol–water partition coefficient (Wildman–Crippen LogP) is 1.49. The Morgan fingerprint density at radius 3 is 2.67 bits per heavy atom. The molecular formula is C14H19NO5S. The van der Waals surface area contributed by atoms with Crippen molar-refractivity contribution in [1.29, 1.82) is 0 Å². The van der Waals surface area contributed by atoms with E-state index in [4.69, 9.17) is 9.84 Å². The number of hydrogen-bond acceptors (Lipinski definition) is 4. The zero-order chi connectivity index (χ0) is 16.1. The van der Waals surface area contributed by atoms with Crippen LogP contribution in [0, 0.1) is 0 Å². The molecule has 0 aliphatic carbocycles. The molecule has 21 heavy (non-hydrogen) atoms. The molecule has 1 rings (SSSR count). The van der Waals surface area contributed by atoms with Crippen LogP contribution >= 0.6 is 0 Å². The van der Waals surface area contributed by atoms with E-state index < -0.39 is 21.5 Å². The second-order valence-electron chi connectivity index (χ2n) is 5.17. The maximum Gasteiger partial charge on any atom is 0.328 e. The Bertz CT molecular complexity index is 635. The number of carboxylic acid groups (broad SMARTS) is 1. The monoisotopic (exact) mass is 313 g/mol. The lowest BCUT2D eigenvalue weighted by atomic mass is 10.1. The Hall–Kier alpha value is -1.70. The second-order valence-corrected chi connectivity index (χ2v) is 6.85. The zero-order valence-corrected chi connectivity index (χ0v) is 13.0. The first-order chi connectivity index (χ1) is 9.66. The molecule has 0 fully saturated rings. The van der Waals surface area contributed by atoms with E-state index in [2.05, 4.69) is 4.72 Å². The van der Waals surface area contributed by atoms with Gasteiger partial charge in [0.25, 0.3) is 0 Å². The summed E-state index contributed by atoms with van der Waals surface area (Å²) in [6, 6.07) is 6.03. The van der Waals surface area contributed by atoms with E-state index in [1.54, 1.807) is 26.0 Å². The number of ether oxygens (including phenoxy) is 1. The number of aliphatic carboxylic acids is 1. The Morgan fingerprint density at radius 2 is 2.10 bits per heavy atom. The highest BCUT2D eigenvalue weighted by atomic mass is 32.2. The number of carboxylic acids is 1. The number of hydrogen-bond donors (Lipinski definition) is 2. The number of carbonyl (C=O) groups is 1. The molecular weight excluding hydrogens is 294 g/mol. The van der Waals surface area contributed by atoms with Crippen LogP contribution in [-0.4, -0.2) is 38.7 Å². The molecule has 0 spiro atoms. The van der Waals surface area contributed by atoms with Gasteiger partial charge in [0.05, 0.1) is 17.0 Å². The van der Waals surface area contributed by atoms with Gasteiger partial charge >= 0.3 is 5.97 Å². The van der Waals surface area contributed by atoms with Crippen LogP contribution in [0.3, 0.4) is 0 Å². The first-order valence-corrected chi connectivity index (χ1v) is 7.69. The highest BCUT2D eigenvalue weighted by Gasteiger charge is 2.26. The lowest BCUT2D eigenvalue weighted by Gasteiger charge is -2.24. The molecule has 0 aliphatic rings. The summed E-state index contributed by atoms with van der Waals surface area (Å²) in [5, 5.41) is 8.58. The number of nitrogens with one attached hydrogen (secondary N) is 1. The molecule has 7 heteroatoms. The first-order valence-electron chi connectivity index (χ1n) is 6.20. The quantitative estimate of drug-likeness (QED) is 0.744. The van der Waals surface area contributed by atoms with Gasteiger partial charge in [-0.05, 0) is 37.6 Å². The summed E-state index contributed by atoms with van der Waals surface area (Å²) < 4.78 is 32.1. The number of sulfonamides is 1. The van der Waals surface area contributed by atoms with Crippen molar-refractivity contribution in [3.63, 3.8) is 0 Å². The summed E-state index contributed by atoms with van der Waals surface area (Å²) in [5.41, 5.74) is -0.259. The third-order valence-corrected chi connectivity index (χ3v) is 4.20. The molecule has 0 atom stereocenters. The van der Waals surface area contributed by atoms with Gasteiger partial charge in [-0.3, -0.25) is 0 Å². The SMILES string of the molecule is COCC(C)(C)NS(=O)(=O)c1cccc(/C=C/C(=O)O)c1. The molecule has 0 aromatic heterocycles. The predicted molar refractivity (Wildman–Crippen MR) is 79.4 cm³/mol. The minimum Gasteiger partial charge on any atom is -0.478 e. The maximum atomic E-state index is 12.3. The molecule has 0 amide bonds. The topological polar surface area (TPSA) is 92.7 Å². The largest absolute Gasteiger partial charge is 0.478 e. The smallest absolute Gasteiger partial charge is 0.328 e. The summed E-state index contributed by atoms with van der Waals surface area (Å²) in [6.07, 6.45) is 2.29. The fourth-order valence-electron chi connectivity index (χ4n) is 1.77. The van der Waals surface area contributed by atoms with Crippen LogP contribution in [0.2, 0.25) is 0 Å². The van der Waals surface area contributed by atoms with Gasteiger partial charge in [0, 0.05) is 13.2 Å². The fourth-order valence-corrected chi connectivity index (χ4v) is 3.22. The minimum atomic E-state index is -3.71. The summed E-state index contributed by atoms with van der Waals surface area (Å²) in [5.74, 6) is -1.09. The van der Waals surface area contributed by atoms with E-state index in [9.17, 15) is 13.2 Å². The molecule has 6 nitrogen and oxygen atoms in total. The average molecular weight is 313 g/mol. The highest BCUT2D eigenvalue weighted by molar-refractivity contribution is 7.89. The Morgan fingerprint density at radius 1 is 1.43 bits per heavy atom. The molecule has 0 saturated heterocycles. The lowest BCUT2D eigenvalue weighted by molar-refractivity contribution is -0.131. The zero-order valence-electron chi connectivity index (χ0n) is 12.2. The second kappa shape index (κ2) is 6.84. The third-order valence-electron chi connectivity index (χ3n) is 2.50. The number of benzene rings is 1. The van der Waals surface area contributed by atoms with Crippen molar-refractivity contribution in [2.24, 2.45) is 0 Å². The van der Waals surface area contributed by atoms with Crippen molar-refractivity contribution >= 4 is 22.1 Å². The van der Waals surface area contributed by atoms with Crippen molar-refractivity contribution in [2.75, 3.05) is 13.7 Å². The van der Waals surface area contributed by atoms with E-state index >= 15 is 0 Å². The summed E-state index contributed by atoms with van der Waals surface area (Å²) in [6.45, 7) is 3.65. The molecule has 0 bridgehead atoms. The van der Waals surface area contributed by atoms with E-state index in [0.717, 1.165) is 6.08 Å². The normalized spacial score (nSPS) is 12.7. The molecule has 2 N–H and O–H groups in total. The van der Waals surface area contributed by atoms with Crippen LogP contribution in [0.5, 0.6) is 0 Å². The van der Waals surface area contributed by atoms with Gasteiger partial charge in [0.1, 0.15) is 0 Å². The number of methoxy groups -OCH3 is 1. The Kier molecular flexibility index (Phi) is 5.65. The van der Waals surface area contributed by atoms with Crippen molar-refractivity contribution in [2.45, 2.75) is 24.3 Å². The van der Waals surface area contributed by atoms with E-state index in [0.29, 0.717) is 5.56 Å². The van der Waals surface area contributed by atoms with E-state index in [1.165, 1.54) is 25.3 Å². The van der Waals surface area contributed by atoms with E-state index in [-0.39, 0.29) is 11.5 Å². The third kappa shape index (κ3) is 5.66. The Balaban J connectivity index is 3.04. The average Bonchev–Trinajstić information content (AvgIpc) is 2.35. The molecule has 0 unspecified atom stereocenters. The van der Waals surface area contributed by atoms with Crippen molar-refractivity contribution in [1.82, 2.24) is 4.72 Å². The van der Waals surface area contributed by atoms with Gasteiger partial charge in [-0.2, -0.15) is 0 Å². The lowest BCUT2D eigenvalue weighted by Crippen LogP contribution is -2.46. The molecule has 0 saturated carbocycles.